The summed E-state index contributed by atoms with van der Waals surface area (Å²) in [6.45, 7) is 0. The number of aromatic amines is 1. The van der Waals surface area contributed by atoms with Gasteiger partial charge in [0.1, 0.15) is 5.69 Å². The monoisotopic (exact) mass is 200 g/mol. The first-order valence-electron chi connectivity index (χ1n) is 4.44. The molecule has 0 aromatic carbocycles. The third kappa shape index (κ3) is 1.15. The molecule has 0 aliphatic carbocycles. The highest BCUT2D eigenvalue weighted by molar-refractivity contribution is 5.57. The quantitative estimate of drug-likeness (QED) is 0.605. The molecule has 0 saturated carbocycles. The fourth-order valence-electron chi connectivity index (χ4n) is 1.47. The number of pyridine rings is 1. The third-order valence-electron chi connectivity index (χ3n) is 2.17. The van der Waals surface area contributed by atoms with Gasteiger partial charge < -0.3 is 5.73 Å². The Hall–Kier alpha value is -2.37. The molecule has 15 heavy (non-hydrogen) atoms. The minimum atomic E-state index is 0.670. The van der Waals surface area contributed by atoms with Gasteiger partial charge in [-0.2, -0.15) is 5.10 Å². The van der Waals surface area contributed by atoms with E-state index >= 15 is 0 Å². The number of fused-ring (bicyclic) bond motifs is 1. The van der Waals surface area contributed by atoms with Gasteiger partial charge in [-0.05, 0) is 18.2 Å². The van der Waals surface area contributed by atoms with Crippen molar-refractivity contribution in [2.45, 2.75) is 0 Å². The van der Waals surface area contributed by atoms with E-state index in [0.29, 0.717) is 11.5 Å². The van der Waals surface area contributed by atoms with Crippen molar-refractivity contribution in [2.75, 3.05) is 5.73 Å². The van der Waals surface area contributed by atoms with Crippen LogP contribution >= 0.6 is 0 Å². The molecule has 3 aromatic rings. The highest BCUT2D eigenvalue weighted by Gasteiger charge is 2.08. The molecule has 0 bridgehead atoms. The molecule has 6 heteroatoms. The maximum Gasteiger partial charge on any atom is 0.186 e. The summed E-state index contributed by atoms with van der Waals surface area (Å²) in [5.74, 6) is 0.704. The Kier molecular flexibility index (Phi) is 1.49. The molecule has 0 saturated heterocycles. The Labute approximate surface area is 84.8 Å². The van der Waals surface area contributed by atoms with E-state index < -0.39 is 0 Å². The standard InChI is InChI=1S/C9H8N6/c10-6-1-2-8-13-14-9(15(8)5-6)7-3-4-11-12-7/h1-5H,10H2,(H,11,12). The van der Waals surface area contributed by atoms with Crippen LogP contribution in [-0.4, -0.2) is 24.8 Å². The number of nitrogens with zero attached hydrogens (tertiary/aromatic N) is 4. The summed E-state index contributed by atoms with van der Waals surface area (Å²) in [7, 11) is 0. The minimum Gasteiger partial charge on any atom is -0.398 e. The number of nitrogens with one attached hydrogen (secondary N) is 1. The molecule has 3 rings (SSSR count). The molecule has 3 N–H and O–H groups in total. The molecule has 0 radical (unpaired) electrons. The predicted molar refractivity (Wildman–Crippen MR) is 55.0 cm³/mol. The van der Waals surface area contributed by atoms with Gasteiger partial charge in [0, 0.05) is 18.1 Å². The van der Waals surface area contributed by atoms with Crippen LogP contribution in [0.1, 0.15) is 0 Å². The maximum atomic E-state index is 5.70. The lowest BCUT2D eigenvalue weighted by atomic mass is 10.4. The van der Waals surface area contributed by atoms with Crippen LogP contribution in [0.5, 0.6) is 0 Å². The molecule has 3 heterocycles. The SMILES string of the molecule is Nc1ccc2nnc(-c3ccn[nH]3)n2c1. The summed E-state index contributed by atoms with van der Waals surface area (Å²) in [5.41, 5.74) is 7.94. The number of anilines is 1. The van der Waals surface area contributed by atoms with Gasteiger partial charge in [-0.1, -0.05) is 0 Å². The average molecular weight is 200 g/mol. The van der Waals surface area contributed by atoms with E-state index in [1.165, 1.54) is 0 Å². The first-order valence-corrected chi connectivity index (χ1v) is 4.44. The third-order valence-corrected chi connectivity index (χ3v) is 2.17. The van der Waals surface area contributed by atoms with Crippen LogP contribution in [-0.2, 0) is 0 Å². The van der Waals surface area contributed by atoms with Gasteiger partial charge in [-0.25, -0.2) is 0 Å². The number of H-pyrrole nitrogens is 1. The van der Waals surface area contributed by atoms with Crippen molar-refractivity contribution < 1.29 is 0 Å². The highest BCUT2D eigenvalue weighted by Crippen LogP contribution is 2.16. The van der Waals surface area contributed by atoms with E-state index in [1.54, 1.807) is 18.5 Å². The number of nitrogen functional groups attached to an aromatic ring is 1. The van der Waals surface area contributed by atoms with Gasteiger partial charge in [-0.3, -0.25) is 9.50 Å². The maximum absolute atomic E-state index is 5.70. The zero-order valence-electron chi connectivity index (χ0n) is 7.75. The van der Waals surface area contributed by atoms with Crippen molar-refractivity contribution in [3.8, 4) is 11.5 Å². The number of aromatic nitrogens is 5. The molecule has 0 spiro atoms. The normalized spacial score (nSPS) is 10.9. The molecule has 0 unspecified atom stereocenters. The van der Waals surface area contributed by atoms with E-state index in [2.05, 4.69) is 20.4 Å². The number of rotatable bonds is 1. The van der Waals surface area contributed by atoms with Crippen LogP contribution in [0, 0.1) is 0 Å². The second kappa shape index (κ2) is 2.81. The fraction of sp³-hybridized carbons (Fsp3) is 0. The van der Waals surface area contributed by atoms with Crippen LogP contribution in [0.25, 0.3) is 17.2 Å². The average Bonchev–Trinajstić information content (AvgIpc) is 2.83. The summed E-state index contributed by atoms with van der Waals surface area (Å²) >= 11 is 0. The van der Waals surface area contributed by atoms with Gasteiger partial charge in [0.25, 0.3) is 0 Å². The Morgan fingerprint density at radius 1 is 1.20 bits per heavy atom. The summed E-state index contributed by atoms with van der Waals surface area (Å²) in [6.07, 6.45) is 3.45. The summed E-state index contributed by atoms with van der Waals surface area (Å²) in [4.78, 5) is 0. The summed E-state index contributed by atoms with van der Waals surface area (Å²) in [6, 6.07) is 5.45. The van der Waals surface area contributed by atoms with E-state index in [4.69, 9.17) is 5.73 Å². The van der Waals surface area contributed by atoms with Crippen LogP contribution in [0.15, 0.2) is 30.6 Å². The molecule has 0 amide bonds. The molecule has 3 aromatic heterocycles. The van der Waals surface area contributed by atoms with Crippen LogP contribution in [0.2, 0.25) is 0 Å². The van der Waals surface area contributed by atoms with E-state index in [1.807, 2.05) is 16.5 Å². The predicted octanol–water partition coefficient (Wildman–Crippen LogP) is 0.702. The van der Waals surface area contributed by atoms with Crippen molar-refractivity contribution in [3.63, 3.8) is 0 Å². The molecular weight excluding hydrogens is 192 g/mol. The lowest BCUT2D eigenvalue weighted by Gasteiger charge is -1.97. The van der Waals surface area contributed by atoms with Crippen molar-refractivity contribution in [3.05, 3.63) is 30.6 Å². The van der Waals surface area contributed by atoms with Gasteiger partial charge in [0.15, 0.2) is 11.5 Å². The zero-order valence-corrected chi connectivity index (χ0v) is 7.75. The van der Waals surface area contributed by atoms with Crippen LogP contribution in [0.3, 0.4) is 0 Å². The van der Waals surface area contributed by atoms with Crippen molar-refractivity contribution >= 4 is 11.3 Å². The number of hydrogen-bond acceptors (Lipinski definition) is 4. The Morgan fingerprint density at radius 3 is 2.93 bits per heavy atom. The van der Waals surface area contributed by atoms with Gasteiger partial charge >= 0.3 is 0 Å². The van der Waals surface area contributed by atoms with E-state index in [-0.39, 0.29) is 0 Å². The van der Waals surface area contributed by atoms with Crippen LogP contribution in [0.4, 0.5) is 5.69 Å². The topological polar surface area (TPSA) is 84.9 Å². The van der Waals surface area contributed by atoms with Crippen molar-refractivity contribution in [2.24, 2.45) is 0 Å². The fourth-order valence-corrected chi connectivity index (χ4v) is 1.47. The lowest BCUT2D eigenvalue weighted by Crippen LogP contribution is -1.93. The first-order chi connectivity index (χ1) is 7.34. The number of hydrogen-bond donors (Lipinski definition) is 2. The highest BCUT2D eigenvalue weighted by atomic mass is 15.3. The second-order valence-corrected chi connectivity index (χ2v) is 3.18. The Bertz CT molecular complexity index is 594. The minimum absolute atomic E-state index is 0.670. The van der Waals surface area contributed by atoms with Crippen molar-refractivity contribution in [1.29, 1.82) is 0 Å². The summed E-state index contributed by atoms with van der Waals surface area (Å²) < 4.78 is 1.82. The molecule has 74 valence electrons. The Balaban J connectivity index is 2.32. The summed E-state index contributed by atoms with van der Waals surface area (Å²) in [5, 5.41) is 14.8. The number of nitrogens with two attached hydrogens (primary N) is 1. The molecule has 0 aliphatic heterocycles. The molecule has 0 fully saturated rings. The van der Waals surface area contributed by atoms with E-state index in [9.17, 15) is 0 Å². The zero-order chi connectivity index (χ0) is 10.3. The molecular formula is C9H8N6. The molecule has 6 nitrogen and oxygen atoms in total. The first kappa shape index (κ1) is 7.98. The Morgan fingerprint density at radius 2 is 2.13 bits per heavy atom. The van der Waals surface area contributed by atoms with Crippen molar-refractivity contribution in [1.82, 2.24) is 24.8 Å². The second-order valence-electron chi connectivity index (χ2n) is 3.18. The van der Waals surface area contributed by atoms with Gasteiger partial charge in [-0.15, -0.1) is 10.2 Å². The largest absolute Gasteiger partial charge is 0.398 e. The molecule has 0 atom stereocenters. The molecule has 0 aliphatic rings. The smallest absolute Gasteiger partial charge is 0.186 e. The van der Waals surface area contributed by atoms with Crippen LogP contribution < -0.4 is 5.73 Å². The van der Waals surface area contributed by atoms with Gasteiger partial charge in [0.2, 0.25) is 0 Å². The van der Waals surface area contributed by atoms with Gasteiger partial charge in [0.05, 0.1) is 0 Å². The van der Waals surface area contributed by atoms with E-state index in [0.717, 1.165) is 11.3 Å². The lowest BCUT2D eigenvalue weighted by molar-refractivity contribution is 1.05.